The number of allylic oxidation sites excluding steroid dienone is 1. The Hall–Kier alpha value is -2.35. The molecule has 2 heterocycles. The van der Waals surface area contributed by atoms with Crippen LogP contribution < -0.4 is 5.73 Å². The smallest absolute Gasteiger partial charge is 0.253 e. The number of carbonyl (C=O) groups excluding carboxylic acids is 3. The van der Waals surface area contributed by atoms with E-state index in [0.717, 1.165) is 19.3 Å². The zero-order valence-electron chi connectivity index (χ0n) is 16.1. The standard InChI is InChI=1S/C20H26N4O3S/c1-2-3-4-9-24-19(27)15-6-5-14(12-16(15)22-20(24)28)18(26)23-10-7-13(8-11-23)17(21)25/h5-6,12-13,15H,2-4,7-11H2,1H3,(H2,21,25). The molecule has 150 valence electrons. The van der Waals surface area contributed by atoms with E-state index in [1.807, 2.05) is 0 Å². The van der Waals surface area contributed by atoms with E-state index >= 15 is 0 Å². The number of likely N-dealkylation sites (tertiary alicyclic amines) is 1. The van der Waals surface area contributed by atoms with E-state index in [4.69, 9.17) is 18.0 Å². The Kier molecular flexibility index (Phi) is 6.39. The molecule has 0 aromatic heterocycles. The van der Waals surface area contributed by atoms with Gasteiger partial charge in [-0.2, -0.15) is 0 Å². The van der Waals surface area contributed by atoms with E-state index < -0.39 is 5.92 Å². The summed E-state index contributed by atoms with van der Waals surface area (Å²) in [5.74, 6) is -1.15. The number of hydrogen-bond donors (Lipinski definition) is 1. The first-order valence-electron chi connectivity index (χ1n) is 9.84. The number of nitrogens with zero attached hydrogens (tertiary/aromatic N) is 3. The highest BCUT2D eigenvalue weighted by Crippen LogP contribution is 2.25. The first kappa shape index (κ1) is 20.4. The Morgan fingerprint density at radius 2 is 2.00 bits per heavy atom. The fourth-order valence-electron chi connectivity index (χ4n) is 3.75. The Morgan fingerprint density at radius 3 is 2.64 bits per heavy atom. The molecule has 0 aromatic rings. The van der Waals surface area contributed by atoms with Gasteiger partial charge in [0.1, 0.15) is 0 Å². The minimum atomic E-state index is -0.481. The maximum atomic E-state index is 12.8. The molecule has 28 heavy (non-hydrogen) atoms. The van der Waals surface area contributed by atoms with Gasteiger partial charge in [-0.05, 0) is 37.6 Å². The molecule has 3 aliphatic rings. The van der Waals surface area contributed by atoms with Crippen molar-refractivity contribution in [1.82, 2.24) is 9.80 Å². The number of thiocarbonyl (C=S) groups is 1. The molecule has 0 saturated carbocycles. The van der Waals surface area contributed by atoms with Crippen molar-refractivity contribution in [2.45, 2.75) is 39.0 Å². The van der Waals surface area contributed by atoms with Gasteiger partial charge < -0.3 is 10.6 Å². The summed E-state index contributed by atoms with van der Waals surface area (Å²) in [7, 11) is 0. The van der Waals surface area contributed by atoms with Crippen LogP contribution in [0.2, 0.25) is 0 Å². The average molecular weight is 403 g/mol. The van der Waals surface area contributed by atoms with Crippen molar-refractivity contribution in [3.8, 4) is 0 Å². The SMILES string of the molecule is CCCCCN1C(=O)C2C=CC(C(=O)N3CCC(C(N)=O)CC3)=CC2=NC1=S. The van der Waals surface area contributed by atoms with Crippen molar-refractivity contribution in [2.75, 3.05) is 19.6 Å². The summed E-state index contributed by atoms with van der Waals surface area (Å²) in [5.41, 5.74) is 6.37. The van der Waals surface area contributed by atoms with Gasteiger partial charge in [0.2, 0.25) is 16.9 Å². The third-order valence-electron chi connectivity index (χ3n) is 5.49. The number of hydrogen-bond acceptors (Lipinski definition) is 4. The van der Waals surface area contributed by atoms with E-state index in [1.165, 1.54) is 0 Å². The van der Waals surface area contributed by atoms with Crippen LogP contribution in [-0.2, 0) is 14.4 Å². The summed E-state index contributed by atoms with van der Waals surface area (Å²) < 4.78 is 0. The number of carbonyl (C=O) groups is 3. The van der Waals surface area contributed by atoms with Crippen molar-refractivity contribution in [2.24, 2.45) is 22.6 Å². The number of amides is 3. The second-order valence-corrected chi connectivity index (χ2v) is 7.79. The van der Waals surface area contributed by atoms with E-state index in [2.05, 4.69) is 11.9 Å². The van der Waals surface area contributed by atoms with Gasteiger partial charge in [-0.25, -0.2) is 4.99 Å². The first-order valence-corrected chi connectivity index (χ1v) is 10.3. The predicted octanol–water partition coefficient (Wildman–Crippen LogP) is 1.58. The number of rotatable bonds is 6. The van der Waals surface area contributed by atoms with Gasteiger partial charge in [0.15, 0.2) is 0 Å². The topological polar surface area (TPSA) is 96.1 Å². The lowest BCUT2D eigenvalue weighted by molar-refractivity contribution is -0.131. The summed E-state index contributed by atoms with van der Waals surface area (Å²) in [6, 6.07) is 0. The van der Waals surface area contributed by atoms with Crippen LogP contribution in [0.25, 0.3) is 0 Å². The first-order chi connectivity index (χ1) is 13.4. The van der Waals surface area contributed by atoms with Crippen LogP contribution >= 0.6 is 12.2 Å². The van der Waals surface area contributed by atoms with Crippen molar-refractivity contribution in [3.05, 3.63) is 23.8 Å². The van der Waals surface area contributed by atoms with Crippen LogP contribution in [0, 0.1) is 11.8 Å². The lowest BCUT2D eigenvalue weighted by atomic mass is 9.90. The number of piperidine rings is 1. The lowest BCUT2D eigenvalue weighted by Crippen LogP contribution is -2.47. The van der Waals surface area contributed by atoms with E-state index in [1.54, 1.807) is 28.0 Å². The predicted molar refractivity (Wildman–Crippen MR) is 110 cm³/mol. The number of unbranched alkanes of at least 4 members (excludes halogenated alkanes) is 2. The monoisotopic (exact) mass is 402 g/mol. The molecule has 0 radical (unpaired) electrons. The second kappa shape index (κ2) is 8.77. The fraction of sp³-hybridized carbons (Fsp3) is 0.550. The maximum Gasteiger partial charge on any atom is 0.253 e. The fourth-order valence-corrected chi connectivity index (χ4v) is 4.03. The Labute approximate surface area is 170 Å². The zero-order chi connectivity index (χ0) is 20.3. The molecule has 1 unspecified atom stereocenters. The molecule has 8 heteroatoms. The molecule has 3 rings (SSSR count). The summed E-state index contributed by atoms with van der Waals surface area (Å²) in [6.07, 6.45) is 9.26. The molecule has 3 amide bonds. The Balaban J connectivity index is 1.69. The van der Waals surface area contributed by atoms with Crippen LogP contribution in [0.5, 0.6) is 0 Å². The third kappa shape index (κ3) is 4.22. The highest BCUT2D eigenvalue weighted by Gasteiger charge is 2.36. The molecular weight excluding hydrogens is 376 g/mol. The zero-order valence-corrected chi connectivity index (χ0v) is 16.9. The minimum Gasteiger partial charge on any atom is -0.369 e. The van der Waals surface area contributed by atoms with E-state index in [9.17, 15) is 14.4 Å². The molecule has 0 bridgehead atoms. The third-order valence-corrected chi connectivity index (χ3v) is 5.81. The van der Waals surface area contributed by atoms with Gasteiger partial charge in [0.05, 0.1) is 11.6 Å². The Morgan fingerprint density at radius 1 is 1.29 bits per heavy atom. The normalized spacial score (nSPS) is 22.7. The molecule has 1 aliphatic carbocycles. The van der Waals surface area contributed by atoms with Crippen LogP contribution in [0.1, 0.15) is 39.0 Å². The molecule has 2 N–H and O–H groups in total. The molecule has 1 atom stereocenters. The van der Waals surface area contributed by atoms with Crippen molar-refractivity contribution < 1.29 is 14.4 Å². The molecular formula is C20H26N4O3S. The van der Waals surface area contributed by atoms with Crippen LogP contribution in [0.4, 0.5) is 0 Å². The molecule has 1 saturated heterocycles. The van der Waals surface area contributed by atoms with Gasteiger partial charge in [-0.1, -0.05) is 31.9 Å². The molecule has 7 nitrogen and oxygen atoms in total. The molecule has 1 fully saturated rings. The summed E-state index contributed by atoms with van der Waals surface area (Å²) in [5, 5.41) is 0.271. The highest BCUT2D eigenvalue weighted by molar-refractivity contribution is 7.80. The van der Waals surface area contributed by atoms with Crippen molar-refractivity contribution >= 4 is 40.8 Å². The number of fused-ring (bicyclic) bond motifs is 1. The molecule has 0 spiro atoms. The maximum absolute atomic E-state index is 12.8. The number of nitrogens with two attached hydrogens (primary N) is 1. The summed E-state index contributed by atoms with van der Waals surface area (Å²) in [6.45, 7) is 3.68. The molecule has 0 aromatic carbocycles. The van der Waals surface area contributed by atoms with Gasteiger partial charge in [-0.3, -0.25) is 19.3 Å². The van der Waals surface area contributed by atoms with E-state index in [0.29, 0.717) is 43.8 Å². The van der Waals surface area contributed by atoms with Gasteiger partial charge in [-0.15, -0.1) is 0 Å². The van der Waals surface area contributed by atoms with Crippen LogP contribution in [-0.4, -0.2) is 58.0 Å². The number of primary amides is 1. The van der Waals surface area contributed by atoms with Crippen molar-refractivity contribution in [3.63, 3.8) is 0 Å². The van der Waals surface area contributed by atoms with Crippen molar-refractivity contribution in [1.29, 1.82) is 0 Å². The summed E-state index contributed by atoms with van der Waals surface area (Å²) >= 11 is 5.31. The Bertz CT molecular complexity index is 778. The average Bonchev–Trinajstić information content (AvgIpc) is 2.69. The van der Waals surface area contributed by atoms with Gasteiger partial charge in [0.25, 0.3) is 5.91 Å². The number of aliphatic imine (C=N–C) groups is 1. The van der Waals surface area contributed by atoms with Crippen LogP contribution in [0.15, 0.2) is 28.8 Å². The van der Waals surface area contributed by atoms with Gasteiger partial charge in [0, 0.05) is 31.1 Å². The highest BCUT2D eigenvalue weighted by atomic mass is 32.1. The van der Waals surface area contributed by atoms with Crippen LogP contribution in [0.3, 0.4) is 0 Å². The van der Waals surface area contributed by atoms with E-state index in [-0.39, 0.29) is 28.8 Å². The minimum absolute atomic E-state index is 0.0765. The second-order valence-electron chi connectivity index (χ2n) is 7.42. The van der Waals surface area contributed by atoms with Gasteiger partial charge >= 0.3 is 0 Å². The molecule has 2 aliphatic heterocycles. The largest absolute Gasteiger partial charge is 0.369 e. The quantitative estimate of drug-likeness (QED) is 0.539. The lowest BCUT2D eigenvalue weighted by Gasteiger charge is -2.33. The summed E-state index contributed by atoms with van der Waals surface area (Å²) in [4.78, 5) is 44.6.